The zero-order valence-corrected chi connectivity index (χ0v) is 22.8. The van der Waals surface area contributed by atoms with Crippen molar-refractivity contribution in [2.24, 2.45) is 0 Å². The molecule has 1 atom stereocenters. The molecule has 6 rings (SSSR count). The van der Waals surface area contributed by atoms with Gasteiger partial charge in [0.15, 0.2) is 0 Å². The fourth-order valence-corrected chi connectivity index (χ4v) is 6.13. The monoisotopic (exact) mass is 547 g/mol. The molecule has 2 N–H and O–H groups in total. The first-order valence-electron chi connectivity index (χ1n) is 14.2. The maximum absolute atomic E-state index is 13.3. The molecule has 208 valence electrons. The van der Waals surface area contributed by atoms with Crippen molar-refractivity contribution in [3.63, 3.8) is 0 Å². The minimum absolute atomic E-state index is 0.00272. The van der Waals surface area contributed by atoms with Gasteiger partial charge in [0.1, 0.15) is 12.4 Å². The fourth-order valence-electron chi connectivity index (χ4n) is 6.13. The average molecular weight is 548 g/mol. The third kappa shape index (κ3) is 5.68. The van der Waals surface area contributed by atoms with Gasteiger partial charge in [-0.3, -0.25) is 4.79 Å². The molecule has 0 heterocycles. The molecule has 6 heteroatoms. The molecule has 0 saturated heterocycles. The molecule has 2 aliphatic carbocycles. The van der Waals surface area contributed by atoms with E-state index in [1.54, 1.807) is 0 Å². The molecule has 0 unspecified atom stereocenters. The van der Waals surface area contributed by atoms with E-state index in [0.717, 1.165) is 35.3 Å². The van der Waals surface area contributed by atoms with E-state index >= 15 is 0 Å². The Morgan fingerprint density at radius 1 is 0.756 bits per heavy atom. The SMILES string of the molecule is O=C(O)CCCCOc1ccc2c(c1)CCc1ccccc1[C@@H]2NC(=O)OCC1c2ccccc2-c2ccccc21. The Bertz CT molecular complexity index is 1530. The van der Waals surface area contributed by atoms with Gasteiger partial charge < -0.3 is 19.9 Å². The summed E-state index contributed by atoms with van der Waals surface area (Å²) < 4.78 is 11.8. The van der Waals surface area contributed by atoms with Crippen LogP contribution in [0.5, 0.6) is 5.75 Å². The van der Waals surface area contributed by atoms with Crippen LogP contribution in [0.3, 0.4) is 0 Å². The van der Waals surface area contributed by atoms with Crippen LogP contribution >= 0.6 is 0 Å². The second-order valence-corrected chi connectivity index (χ2v) is 10.7. The minimum atomic E-state index is -0.787. The number of benzene rings is 4. The van der Waals surface area contributed by atoms with Gasteiger partial charge in [-0.05, 0) is 82.3 Å². The third-order valence-corrected chi connectivity index (χ3v) is 8.11. The van der Waals surface area contributed by atoms with E-state index in [0.29, 0.717) is 19.4 Å². The zero-order chi connectivity index (χ0) is 28.2. The van der Waals surface area contributed by atoms with Gasteiger partial charge in [-0.1, -0.05) is 78.9 Å². The first kappa shape index (κ1) is 26.6. The highest BCUT2D eigenvalue weighted by Crippen LogP contribution is 2.44. The second-order valence-electron chi connectivity index (χ2n) is 10.7. The van der Waals surface area contributed by atoms with Crippen LogP contribution in [0.25, 0.3) is 11.1 Å². The number of fused-ring (bicyclic) bond motifs is 5. The molecule has 0 bridgehead atoms. The normalized spacial score (nSPS) is 15.1. The molecule has 6 nitrogen and oxygen atoms in total. The van der Waals surface area contributed by atoms with Gasteiger partial charge in [-0.25, -0.2) is 4.79 Å². The van der Waals surface area contributed by atoms with Crippen LogP contribution in [0.15, 0.2) is 91.0 Å². The molecular formula is C35H33NO5. The van der Waals surface area contributed by atoms with Crippen molar-refractivity contribution < 1.29 is 24.2 Å². The fraction of sp³-hybridized carbons (Fsp3) is 0.257. The number of rotatable bonds is 9. The molecule has 0 saturated carbocycles. The number of carboxylic acid groups (broad SMARTS) is 1. The number of aliphatic carboxylic acids is 1. The molecule has 0 fully saturated rings. The summed E-state index contributed by atoms with van der Waals surface area (Å²) in [5, 5.41) is 12.0. The van der Waals surface area contributed by atoms with Gasteiger partial charge in [-0.2, -0.15) is 0 Å². The Morgan fingerprint density at radius 3 is 2.12 bits per heavy atom. The minimum Gasteiger partial charge on any atom is -0.494 e. The van der Waals surface area contributed by atoms with E-state index in [-0.39, 0.29) is 25.0 Å². The number of unbranched alkanes of at least 4 members (excludes halogenated alkanes) is 1. The van der Waals surface area contributed by atoms with E-state index < -0.39 is 12.1 Å². The van der Waals surface area contributed by atoms with Crippen molar-refractivity contribution in [3.8, 4) is 16.9 Å². The first-order valence-corrected chi connectivity index (χ1v) is 14.2. The van der Waals surface area contributed by atoms with Crippen molar-refractivity contribution in [3.05, 3.63) is 124 Å². The Hall–Kier alpha value is -4.58. The summed E-state index contributed by atoms with van der Waals surface area (Å²) in [5.41, 5.74) is 9.18. The molecule has 4 aromatic carbocycles. The molecule has 0 spiro atoms. The second kappa shape index (κ2) is 11.9. The summed E-state index contributed by atoms with van der Waals surface area (Å²) in [5.74, 6) is -0.0356. The highest BCUT2D eigenvalue weighted by molar-refractivity contribution is 5.79. The summed E-state index contributed by atoms with van der Waals surface area (Å²) in [4.78, 5) is 24.1. The molecule has 2 aliphatic rings. The van der Waals surface area contributed by atoms with E-state index in [1.807, 2.05) is 54.6 Å². The van der Waals surface area contributed by atoms with Crippen molar-refractivity contribution in [1.82, 2.24) is 5.32 Å². The molecule has 41 heavy (non-hydrogen) atoms. The standard InChI is InChI=1S/C35H33NO5/c37-33(38)15-7-8-20-40-25-18-19-27-24(21-25)17-16-23-9-1-2-10-26(23)34(27)36-35(39)41-22-32-30-13-5-3-11-28(30)29-12-4-6-14-31(29)32/h1-6,9-14,18-19,21,32,34H,7-8,15-17,20,22H2,(H,36,39)(H,37,38)/t34-/m0/s1. The highest BCUT2D eigenvalue weighted by Gasteiger charge is 2.30. The van der Waals surface area contributed by atoms with E-state index in [9.17, 15) is 9.59 Å². The van der Waals surface area contributed by atoms with Gasteiger partial charge in [0.2, 0.25) is 0 Å². The lowest BCUT2D eigenvalue weighted by molar-refractivity contribution is -0.137. The van der Waals surface area contributed by atoms with Crippen LogP contribution in [0.1, 0.15) is 64.6 Å². The van der Waals surface area contributed by atoms with E-state index in [4.69, 9.17) is 14.6 Å². The number of hydrogen-bond acceptors (Lipinski definition) is 4. The summed E-state index contributed by atoms with van der Waals surface area (Å²) in [6.45, 7) is 0.726. The van der Waals surface area contributed by atoms with Crippen LogP contribution in [-0.4, -0.2) is 30.4 Å². The van der Waals surface area contributed by atoms with Crippen molar-refractivity contribution in [1.29, 1.82) is 0 Å². The van der Waals surface area contributed by atoms with Crippen LogP contribution in [-0.2, 0) is 22.4 Å². The van der Waals surface area contributed by atoms with Gasteiger partial charge in [0.25, 0.3) is 0 Å². The highest BCUT2D eigenvalue weighted by atomic mass is 16.5. The van der Waals surface area contributed by atoms with E-state index in [2.05, 4.69) is 41.7 Å². The van der Waals surface area contributed by atoms with Crippen LogP contribution in [0, 0.1) is 0 Å². The number of carbonyl (C=O) groups is 2. The molecule has 1 amide bonds. The van der Waals surface area contributed by atoms with Crippen LogP contribution < -0.4 is 10.1 Å². The Kier molecular flexibility index (Phi) is 7.72. The number of ether oxygens (including phenoxy) is 2. The number of nitrogens with one attached hydrogen (secondary N) is 1. The number of alkyl carbamates (subject to hydrolysis) is 1. The maximum Gasteiger partial charge on any atom is 0.407 e. The van der Waals surface area contributed by atoms with Crippen LogP contribution in [0.2, 0.25) is 0 Å². The molecule has 0 radical (unpaired) electrons. The predicted molar refractivity (Wildman–Crippen MR) is 157 cm³/mol. The molecule has 4 aromatic rings. The topological polar surface area (TPSA) is 84.9 Å². The molecular weight excluding hydrogens is 514 g/mol. The lowest BCUT2D eigenvalue weighted by Gasteiger charge is -2.23. The lowest BCUT2D eigenvalue weighted by Crippen LogP contribution is -2.31. The number of amides is 1. The summed E-state index contributed by atoms with van der Waals surface area (Å²) >= 11 is 0. The summed E-state index contributed by atoms with van der Waals surface area (Å²) in [7, 11) is 0. The maximum atomic E-state index is 13.3. The van der Waals surface area contributed by atoms with Crippen LogP contribution in [0.4, 0.5) is 4.79 Å². The molecule has 0 aliphatic heterocycles. The van der Waals surface area contributed by atoms with Gasteiger partial charge in [-0.15, -0.1) is 0 Å². The zero-order valence-electron chi connectivity index (χ0n) is 22.8. The van der Waals surface area contributed by atoms with Crippen molar-refractivity contribution in [2.75, 3.05) is 13.2 Å². The summed E-state index contributed by atoms with van der Waals surface area (Å²) in [6.07, 6.45) is 2.65. The average Bonchev–Trinajstić information content (AvgIpc) is 3.22. The number of carboxylic acids is 1. The lowest BCUT2D eigenvalue weighted by atomic mass is 9.94. The molecule has 0 aromatic heterocycles. The number of hydrogen-bond donors (Lipinski definition) is 2. The smallest absolute Gasteiger partial charge is 0.407 e. The number of aryl methyl sites for hydroxylation is 2. The third-order valence-electron chi connectivity index (χ3n) is 8.11. The summed E-state index contributed by atoms with van der Waals surface area (Å²) in [6, 6.07) is 30.5. The van der Waals surface area contributed by atoms with Gasteiger partial charge in [0, 0.05) is 12.3 Å². The van der Waals surface area contributed by atoms with Crippen molar-refractivity contribution >= 4 is 12.1 Å². The predicted octanol–water partition coefficient (Wildman–Crippen LogP) is 7.05. The number of carbonyl (C=O) groups excluding carboxylic acids is 1. The van der Waals surface area contributed by atoms with E-state index in [1.165, 1.54) is 27.8 Å². The van der Waals surface area contributed by atoms with Gasteiger partial charge in [0.05, 0.1) is 12.6 Å². The quantitative estimate of drug-likeness (QED) is 0.219. The Labute approximate surface area is 239 Å². The van der Waals surface area contributed by atoms with Crippen molar-refractivity contribution in [2.45, 2.75) is 44.1 Å². The van der Waals surface area contributed by atoms with Gasteiger partial charge >= 0.3 is 12.1 Å². The first-order chi connectivity index (χ1) is 20.1. The largest absolute Gasteiger partial charge is 0.494 e. The Balaban J connectivity index is 1.18. The Morgan fingerprint density at radius 2 is 1.39 bits per heavy atom.